The molecule has 8 nitrogen and oxygen atoms in total. The van der Waals surface area contributed by atoms with Gasteiger partial charge in [-0.25, -0.2) is 4.79 Å². The van der Waals surface area contributed by atoms with Crippen molar-refractivity contribution in [3.8, 4) is 0 Å². The van der Waals surface area contributed by atoms with E-state index in [2.05, 4.69) is 22.8 Å². The maximum atomic E-state index is 13.8. The molecule has 1 aromatic carbocycles. The van der Waals surface area contributed by atoms with Gasteiger partial charge in [-0.05, 0) is 77.7 Å². The minimum Gasteiger partial charge on any atom is -0.444 e. The molecule has 40 heavy (non-hydrogen) atoms. The van der Waals surface area contributed by atoms with E-state index in [0.717, 1.165) is 37.7 Å². The zero-order chi connectivity index (χ0) is 28.9. The van der Waals surface area contributed by atoms with E-state index >= 15 is 0 Å². The third kappa shape index (κ3) is 7.32. The Morgan fingerprint density at radius 3 is 2.52 bits per heavy atom. The molecular formula is C32H45N3O5. The third-order valence-electron chi connectivity index (χ3n) is 8.35. The normalized spacial score (nSPS) is 29.2. The monoisotopic (exact) mass is 551 g/mol. The van der Waals surface area contributed by atoms with Gasteiger partial charge in [0.05, 0.1) is 17.5 Å². The fourth-order valence-corrected chi connectivity index (χ4v) is 6.05. The zero-order valence-corrected chi connectivity index (χ0v) is 24.4. The van der Waals surface area contributed by atoms with Crippen LogP contribution in [0.5, 0.6) is 0 Å². The Balaban J connectivity index is 1.53. The number of allylic oxidation sites excluding steroid dienone is 2. The number of alkyl carbamates (subject to hydrolysis) is 1. The van der Waals surface area contributed by atoms with Crippen LogP contribution >= 0.6 is 0 Å². The van der Waals surface area contributed by atoms with Crippen LogP contribution < -0.4 is 10.6 Å². The van der Waals surface area contributed by atoms with Crippen molar-refractivity contribution in [2.45, 2.75) is 109 Å². The van der Waals surface area contributed by atoms with Gasteiger partial charge in [-0.15, -0.1) is 0 Å². The predicted octanol–water partition coefficient (Wildman–Crippen LogP) is 5.23. The number of nitrogens with one attached hydrogen (secondary N) is 2. The number of hydrogen-bond donors (Lipinski definition) is 2. The fourth-order valence-electron chi connectivity index (χ4n) is 6.05. The molecule has 2 aliphatic heterocycles. The van der Waals surface area contributed by atoms with Gasteiger partial charge in [0.15, 0.2) is 5.78 Å². The average molecular weight is 552 g/mol. The standard InChI is InChI=1S/C32H45N3O5/c1-22(23-14-9-8-10-15-23)33-29(38)32-20-24(32)16-11-6-5-7-12-17-25(34-30(39)40-31(2,3)4)28(37)35-19-13-18-26(35)27(36)21-32/h8-11,14-16,22,24-26H,5-7,12-13,17-21H2,1-4H3,(H,33,38)(H,34,39)/b16-11-/t22-,24-,25+,26+,32-/m1/s1. The summed E-state index contributed by atoms with van der Waals surface area (Å²) in [6.07, 6.45) is 9.65. The molecule has 0 radical (unpaired) electrons. The lowest BCUT2D eigenvalue weighted by Gasteiger charge is -2.30. The van der Waals surface area contributed by atoms with Crippen molar-refractivity contribution in [3.63, 3.8) is 0 Å². The van der Waals surface area contributed by atoms with Crippen molar-refractivity contribution in [1.82, 2.24) is 15.5 Å². The number of nitrogens with zero attached hydrogens (tertiary/aromatic N) is 1. The Bertz CT molecular complexity index is 1110. The van der Waals surface area contributed by atoms with E-state index in [-0.39, 0.29) is 36.0 Å². The summed E-state index contributed by atoms with van der Waals surface area (Å²) in [5, 5.41) is 5.94. The second-order valence-electron chi connectivity index (χ2n) is 12.7. The van der Waals surface area contributed by atoms with Gasteiger partial charge in [-0.1, -0.05) is 55.3 Å². The van der Waals surface area contributed by atoms with Gasteiger partial charge in [0, 0.05) is 13.0 Å². The van der Waals surface area contributed by atoms with E-state index in [0.29, 0.717) is 25.8 Å². The number of Topliss-reactive ketones (excluding diaryl/α,β-unsaturated/α-hetero) is 1. The highest BCUT2D eigenvalue weighted by Gasteiger charge is 2.60. The van der Waals surface area contributed by atoms with Crippen molar-refractivity contribution < 1.29 is 23.9 Å². The number of fused-ring (bicyclic) bond motifs is 2. The summed E-state index contributed by atoms with van der Waals surface area (Å²) < 4.78 is 5.43. The maximum absolute atomic E-state index is 13.8. The highest BCUT2D eigenvalue weighted by atomic mass is 16.6. The van der Waals surface area contributed by atoms with E-state index in [9.17, 15) is 19.2 Å². The van der Waals surface area contributed by atoms with Crippen LogP contribution in [-0.2, 0) is 19.1 Å². The lowest BCUT2D eigenvalue weighted by atomic mass is 9.90. The number of ether oxygens (including phenoxy) is 1. The second kappa shape index (κ2) is 12.6. The molecule has 0 bridgehead atoms. The van der Waals surface area contributed by atoms with Crippen LogP contribution in [0.2, 0.25) is 0 Å². The number of rotatable bonds is 4. The SMILES string of the molecule is C[C@@H](NC(=O)[C@]12CC(=O)[C@@H]3CCCN3C(=O)[C@@H](NC(=O)OC(C)(C)C)CCCCC/C=C\[C@@H]1C2)c1ccccc1. The van der Waals surface area contributed by atoms with Gasteiger partial charge in [0.1, 0.15) is 11.6 Å². The van der Waals surface area contributed by atoms with Crippen LogP contribution in [0.1, 0.15) is 97.1 Å². The number of carbonyl (C=O) groups excluding carboxylic acids is 4. The van der Waals surface area contributed by atoms with Crippen LogP contribution in [0.4, 0.5) is 4.79 Å². The highest BCUT2D eigenvalue weighted by Crippen LogP contribution is 2.57. The van der Waals surface area contributed by atoms with Gasteiger partial charge < -0.3 is 20.3 Å². The summed E-state index contributed by atoms with van der Waals surface area (Å²) in [6.45, 7) is 7.78. The van der Waals surface area contributed by atoms with E-state index in [1.807, 2.05) is 37.3 Å². The molecule has 2 N–H and O–H groups in total. The number of amides is 3. The largest absolute Gasteiger partial charge is 0.444 e. The predicted molar refractivity (Wildman–Crippen MR) is 153 cm³/mol. The van der Waals surface area contributed by atoms with Crippen LogP contribution in [0.3, 0.4) is 0 Å². The van der Waals surface area contributed by atoms with Crippen molar-refractivity contribution in [3.05, 3.63) is 48.0 Å². The topological polar surface area (TPSA) is 105 Å². The molecule has 2 fully saturated rings. The molecule has 3 amide bonds. The Morgan fingerprint density at radius 2 is 1.80 bits per heavy atom. The molecule has 0 aromatic heterocycles. The van der Waals surface area contributed by atoms with Crippen LogP contribution in [0.25, 0.3) is 0 Å². The first kappa shape index (κ1) is 29.8. The fraction of sp³-hybridized carbons (Fsp3) is 0.625. The first-order valence-electron chi connectivity index (χ1n) is 14.9. The molecule has 5 atom stereocenters. The molecule has 1 aliphatic carbocycles. The highest BCUT2D eigenvalue weighted by molar-refractivity contribution is 5.97. The lowest BCUT2D eigenvalue weighted by molar-refractivity contribution is -0.140. The number of carbonyl (C=O) groups is 4. The summed E-state index contributed by atoms with van der Waals surface area (Å²) in [6, 6.07) is 8.30. The first-order chi connectivity index (χ1) is 19.0. The smallest absolute Gasteiger partial charge is 0.408 e. The number of ketones is 1. The molecule has 218 valence electrons. The van der Waals surface area contributed by atoms with Gasteiger partial charge in [-0.3, -0.25) is 14.4 Å². The van der Waals surface area contributed by atoms with Crippen molar-refractivity contribution in [1.29, 1.82) is 0 Å². The van der Waals surface area contributed by atoms with Gasteiger partial charge in [0.2, 0.25) is 11.8 Å². The molecule has 1 aromatic rings. The number of benzene rings is 1. The van der Waals surface area contributed by atoms with E-state index in [1.165, 1.54) is 0 Å². The van der Waals surface area contributed by atoms with E-state index in [1.54, 1.807) is 25.7 Å². The molecular weight excluding hydrogens is 506 g/mol. The quantitative estimate of drug-likeness (QED) is 0.499. The summed E-state index contributed by atoms with van der Waals surface area (Å²) in [5.74, 6) is -0.401. The summed E-state index contributed by atoms with van der Waals surface area (Å²) >= 11 is 0. The Labute approximate surface area is 238 Å². The van der Waals surface area contributed by atoms with E-state index in [4.69, 9.17) is 4.74 Å². The maximum Gasteiger partial charge on any atom is 0.408 e. The van der Waals surface area contributed by atoms with Gasteiger partial charge in [0.25, 0.3) is 0 Å². The van der Waals surface area contributed by atoms with E-state index < -0.39 is 29.2 Å². The third-order valence-corrected chi connectivity index (χ3v) is 8.35. The minimum atomic E-state index is -0.789. The van der Waals surface area contributed by atoms with Crippen LogP contribution in [-0.4, -0.2) is 52.8 Å². The second-order valence-corrected chi connectivity index (χ2v) is 12.7. The molecule has 1 saturated heterocycles. The average Bonchev–Trinajstić information content (AvgIpc) is 3.36. The van der Waals surface area contributed by atoms with Crippen molar-refractivity contribution >= 4 is 23.7 Å². The molecule has 4 rings (SSSR count). The summed E-state index contributed by atoms with van der Waals surface area (Å²) in [5.41, 5.74) is -0.457. The first-order valence-corrected chi connectivity index (χ1v) is 14.9. The Morgan fingerprint density at radius 1 is 1.05 bits per heavy atom. The molecule has 2 heterocycles. The number of hydrogen-bond acceptors (Lipinski definition) is 5. The lowest BCUT2D eigenvalue weighted by Crippen LogP contribution is -2.52. The van der Waals surface area contributed by atoms with Gasteiger partial charge in [-0.2, -0.15) is 0 Å². The zero-order valence-electron chi connectivity index (χ0n) is 24.4. The molecule has 8 heteroatoms. The van der Waals surface area contributed by atoms with Crippen LogP contribution in [0.15, 0.2) is 42.5 Å². The molecule has 1 saturated carbocycles. The molecule has 0 unspecified atom stereocenters. The van der Waals surface area contributed by atoms with Crippen molar-refractivity contribution in [2.75, 3.05) is 6.54 Å². The Kier molecular flexibility index (Phi) is 9.37. The Hall–Kier alpha value is -3.16. The van der Waals surface area contributed by atoms with Crippen molar-refractivity contribution in [2.24, 2.45) is 11.3 Å². The minimum absolute atomic E-state index is 0.0108. The molecule has 3 aliphatic rings. The molecule has 0 spiro atoms. The summed E-state index contributed by atoms with van der Waals surface area (Å²) in [4.78, 5) is 55.4. The van der Waals surface area contributed by atoms with Gasteiger partial charge >= 0.3 is 6.09 Å². The van der Waals surface area contributed by atoms with Crippen LogP contribution in [0, 0.1) is 11.3 Å². The summed E-state index contributed by atoms with van der Waals surface area (Å²) in [7, 11) is 0.